The van der Waals surface area contributed by atoms with E-state index in [4.69, 9.17) is 0 Å². The highest BCUT2D eigenvalue weighted by Crippen LogP contribution is 2.28. The first-order valence-corrected chi connectivity index (χ1v) is 8.92. The van der Waals surface area contributed by atoms with Crippen LogP contribution in [0, 0.1) is 10.1 Å². The zero-order valence-electron chi connectivity index (χ0n) is 13.4. The topological polar surface area (TPSA) is 88.4 Å². The van der Waals surface area contributed by atoms with Crippen LogP contribution in [0.3, 0.4) is 0 Å². The van der Waals surface area contributed by atoms with E-state index >= 15 is 0 Å². The maximum absolute atomic E-state index is 12.2. The molecule has 0 aliphatic carbocycles. The van der Waals surface area contributed by atoms with Gasteiger partial charge in [0.05, 0.1) is 15.5 Å². The van der Waals surface area contributed by atoms with E-state index in [1.165, 1.54) is 23.5 Å². The number of hydrogen-bond donors (Lipinski definition) is 1. The third-order valence-electron chi connectivity index (χ3n) is 3.40. The van der Waals surface area contributed by atoms with Crippen LogP contribution >= 0.6 is 22.7 Å². The molecule has 2 heterocycles. The van der Waals surface area contributed by atoms with Gasteiger partial charge in [-0.25, -0.2) is 4.98 Å². The SMILES string of the molecule is CN(C)c1ccc(-c2csc(NC(=O)c3ccc([N+](=O)[O-])s3)n2)cc1. The Labute approximate surface area is 151 Å². The molecule has 0 saturated carbocycles. The highest BCUT2D eigenvalue weighted by molar-refractivity contribution is 7.17. The summed E-state index contributed by atoms with van der Waals surface area (Å²) in [5.41, 5.74) is 2.81. The highest BCUT2D eigenvalue weighted by atomic mass is 32.1. The molecule has 0 spiro atoms. The van der Waals surface area contributed by atoms with Crippen LogP contribution in [-0.4, -0.2) is 29.9 Å². The molecule has 0 saturated heterocycles. The average molecular weight is 374 g/mol. The molecule has 1 aromatic carbocycles. The summed E-state index contributed by atoms with van der Waals surface area (Å²) in [5, 5.41) is 15.6. The van der Waals surface area contributed by atoms with Gasteiger partial charge in [-0.1, -0.05) is 23.5 Å². The predicted molar refractivity (Wildman–Crippen MR) is 101 cm³/mol. The number of carbonyl (C=O) groups excluding carboxylic acids is 1. The number of nitro groups is 1. The van der Waals surface area contributed by atoms with Gasteiger partial charge in [-0.05, 0) is 18.2 Å². The molecule has 2 aromatic heterocycles. The van der Waals surface area contributed by atoms with Crippen molar-refractivity contribution in [3.63, 3.8) is 0 Å². The number of carbonyl (C=O) groups is 1. The van der Waals surface area contributed by atoms with Gasteiger partial charge < -0.3 is 4.90 Å². The Morgan fingerprint density at radius 3 is 2.52 bits per heavy atom. The van der Waals surface area contributed by atoms with Crippen molar-refractivity contribution in [1.29, 1.82) is 0 Å². The van der Waals surface area contributed by atoms with Crippen molar-refractivity contribution < 1.29 is 9.72 Å². The Kier molecular flexibility index (Phi) is 4.77. The van der Waals surface area contributed by atoms with Gasteiger partial charge in [-0.2, -0.15) is 0 Å². The van der Waals surface area contributed by atoms with Crippen LogP contribution in [0.1, 0.15) is 9.67 Å². The van der Waals surface area contributed by atoms with Crippen molar-refractivity contribution in [2.75, 3.05) is 24.3 Å². The van der Waals surface area contributed by atoms with Gasteiger partial charge in [-0.15, -0.1) is 11.3 Å². The largest absolute Gasteiger partial charge is 0.378 e. The minimum Gasteiger partial charge on any atom is -0.378 e. The van der Waals surface area contributed by atoms with E-state index in [-0.39, 0.29) is 9.88 Å². The maximum atomic E-state index is 12.2. The minimum atomic E-state index is -0.514. The second kappa shape index (κ2) is 6.99. The molecular weight excluding hydrogens is 360 g/mol. The van der Waals surface area contributed by atoms with E-state index < -0.39 is 10.8 Å². The molecular formula is C16H14N4O3S2. The van der Waals surface area contributed by atoms with Crippen molar-refractivity contribution in [3.05, 3.63) is 56.8 Å². The third kappa shape index (κ3) is 3.83. The second-order valence-corrected chi connectivity index (χ2v) is 7.25. The molecule has 1 amide bonds. The molecule has 0 radical (unpaired) electrons. The number of thiophene rings is 1. The van der Waals surface area contributed by atoms with E-state index in [0.29, 0.717) is 5.13 Å². The quantitative estimate of drug-likeness (QED) is 0.536. The summed E-state index contributed by atoms with van der Waals surface area (Å²) < 4.78 is 0. The molecule has 1 N–H and O–H groups in total. The second-order valence-electron chi connectivity index (χ2n) is 5.33. The maximum Gasteiger partial charge on any atom is 0.324 e. The van der Waals surface area contributed by atoms with Crippen molar-refractivity contribution in [2.45, 2.75) is 0 Å². The van der Waals surface area contributed by atoms with E-state index in [1.54, 1.807) is 0 Å². The first-order valence-electron chi connectivity index (χ1n) is 7.23. The minimum absolute atomic E-state index is 0.0639. The van der Waals surface area contributed by atoms with E-state index in [2.05, 4.69) is 10.3 Å². The third-order valence-corrected chi connectivity index (χ3v) is 5.19. The van der Waals surface area contributed by atoms with E-state index in [9.17, 15) is 14.9 Å². The Balaban J connectivity index is 1.72. The molecule has 25 heavy (non-hydrogen) atoms. The number of rotatable bonds is 5. The first-order chi connectivity index (χ1) is 11.9. The lowest BCUT2D eigenvalue weighted by Crippen LogP contribution is -2.09. The lowest BCUT2D eigenvalue weighted by molar-refractivity contribution is -0.380. The summed E-state index contributed by atoms with van der Waals surface area (Å²) in [6.07, 6.45) is 0. The van der Waals surface area contributed by atoms with Crippen LogP contribution in [0.25, 0.3) is 11.3 Å². The Morgan fingerprint density at radius 2 is 1.92 bits per heavy atom. The van der Waals surface area contributed by atoms with Gasteiger partial charge in [0.15, 0.2) is 5.13 Å². The molecule has 0 atom stereocenters. The molecule has 7 nitrogen and oxygen atoms in total. The lowest BCUT2D eigenvalue weighted by Gasteiger charge is -2.12. The van der Waals surface area contributed by atoms with Crippen molar-refractivity contribution in [1.82, 2.24) is 4.98 Å². The van der Waals surface area contributed by atoms with Crippen molar-refractivity contribution in [3.8, 4) is 11.3 Å². The Bertz CT molecular complexity index is 916. The monoisotopic (exact) mass is 374 g/mol. The highest BCUT2D eigenvalue weighted by Gasteiger charge is 2.16. The standard InChI is InChI=1S/C16H14N4O3S2/c1-19(2)11-5-3-10(4-6-11)12-9-24-16(17-12)18-15(21)13-7-8-14(25-13)20(22)23/h3-9H,1-2H3,(H,17,18,21). The summed E-state index contributed by atoms with van der Waals surface area (Å²) in [5.74, 6) is -0.401. The lowest BCUT2D eigenvalue weighted by atomic mass is 10.1. The molecule has 0 aliphatic heterocycles. The van der Waals surface area contributed by atoms with Crippen molar-refractivity contribution in [2.24, 2.45) is 0 Å². The Morgan fingerprint density at radius 1 is 1.20 bits per heavy atom. The van der Waals surface area contributed by atoms with E-state index in [0.717, 1.165) is 28.3 Å². The molecule has 3 aromatic rings. The van der Waals surface area contributed by atoms with Crippen LogP contribution in [0.2, 0.25) is 0 Å². The molecule has 128 valence electrons. The number of nitrogens with zero attached hydrogens (tertiary/aromatic N) is 3. The number of amides is 1. The average Bonchev–Trinajstić information content (AvgIpc) is 3.24. The Hall–Kier alpha value is -2.78. The number of anilines is 2. The van der Waals surface area contributed by atoms with E-state index in [1.807, 2.05) is 48.6 Å². The van der Waals surface area contributed by atoms with Gasteiger partial charge in [0.25, 0.3) is 5.91 Å². The molecule has 0 unspecified atom stereocenters. The fraction of sp³-hybridized carbons (Fsp3) is 0.125. The predicted octanol–water partition coefficient (Wildman–Crippen LogP) is 4.10. The molecule has 3 rings (SSSR count). The summed E-state index contributed by atoms with van der Waals surface area (Å²) in [6.45, 7) is 0. The zero-order valence-corrected chi connectivity index (χ0v) is 15.1. The van der Waals surface area contributed by atoms with Gasteiger partial charge in [-0.3, -0.25) is 20.2 Å². The van der Waals surface area contributed by atoms with Gasteiger partial charge in [0, 0.05) is 36.8 Å². The van der Waals surface area contributed by atoms with Gasteiger partial charge >= 0.3 is 5.00 Å². The number of nitrogens with one attached hydrogen (secondary N) is 1. The van der Waals surface area contributed by atoms with Crippen LogP contribution in [0.15, 0.2) is 41.8 Å². The van der Waals surface area contributed by atoms with Crippen LogP contribution < -0.4 is 10.2 Å². The summed E-state index contributed by atoms with van der Waals surface area (Å²) in [4.78, 5) is 29.0. The van der Waals surface area contributed by atoms with Gasteiger partial charge in [0.2, 0.25) is 0 Å². The fourth-order valence-electron chi connectivity index (χ4n) is 2.10. The number of thiazole rings is 1. The smallest absolute Gasteiger partial charge is 0.324 e. The van der Waals surface area contributed by atoms with Crippen LogP contribution in [0.4, 0.5) is 15.8 Å². The summed E-state index contributed by atoms with van der Waals surface area (Å²) in [7, 11) is 3.95. The normalized spacial score (nSPS) is 10.5. The summed E-state index contributed by atoms with van der Waals surface area (Å²) >= 11 is 2.15. The first kappa shape index (κ1) is 17.1. The van der Waals surface area contributed by atoms with Crippen molar-refractivity contribution >= 4 is 44.4 Å². The van der Waals surface area contributed by atoms with Gasteiger partial charge in [0.1, 0.15) is 0 Å². The summed E-state index contributed by atoms with van der Waals surface area (Å²) in [6, 6.07) is 10.7. The number of benzene rings is 1. The molecule has 0 bridgehead atoms. The molecule has 0 aliphatic rings. The van der Waals surface area contributed by atoms with Crippen LogP contribution in [-0.2, 0) is 0 Å². The fourth-order valence-corrected chi connectivity index (χ4v) is 3.53. The molecule has 0 fully saturated rings. The number of aromatic nitrogens is 1. The number of hydrogen-bond acceptors (Lipinski definition) is 7. The van der Waals surface area contributed by atoms with Crippen LogP contribution in [0.5, 0.6) is 0 Å². The zero-order chi connectivity index (χ0) is 18.0. The molecule has 9 heteroatoms.